The molecule has 0 spiro atoms. The Morgan fingerprint density at radius 2 is 1.56 bits per heavy atom. The Balaban J connectivity index is 5.15. The van der Waals surface area contributed by atoms with Crippen molar-refractivity contribution in [1.82, 2.24) is 0 Å². The number of hydrogen-bond donors (Lipinski definition) is 0. The highest BCUT2D eigenvalue weighted by Gasteiger charge is 2.42. The summed E-state index contributed by atoms with van der Waals surface area (Å²) in [5.74, 6) is -0.995. The van der Waals surface area contributed by atoms with E-state index in [1.165, 1.54) is 6.92 Å². The van der Waals surface area contributed by atoms with Gasteiger partial charge in [0.2, 0.25) is 0 Å². The smallest absolute Gasteiger partial charge is 0.345 e. The molecule has 0 amide bonds. The number of ether oxygens (including phenoxy) is 1. The van der Waals surface area contributed by atoms with Crippen molar-refractivity contribution < 1.29 is 27.9 Å². The minimum absolute atomic E-state index is 0.130. The third-order valence-electron chi connectivity index (χ3n) is 2.04. The van der Waals surface area contributed by atoms with E-state index in [2.05, 4.69) is 0 Å². The molecule has 0 saturated heterocycles. The van der Waals surface area contributed by atoms with Gasteiger partial charge in [0, 0.05) is 6.42 Å². The molecule has 0 heterocycles. The molecule has 0 radical (unpaired) electrons. The Morgan fingerprint density at radius 1 is 1.06 bits per heavy atom. The molecule has 0 aliphatic heterocycles. The maximum Gasteiger partial charge on any atom is 0.345 e. The third kappa shape index (κ3) is 5.29. The van der Waals surface area contributed by atoms with E-state index >= 15 is 0 Å². The van der Waals surface area contributed by atoms with E-state index in [0.29, 0.717) is 0 Å². The first-order valence-corrected chi connectivity index (χ1v) is 7.57. The van der Waals surface area contributed by atoms with Crippen LogP contribution >= 0.6 is 7.60 Å². The molecule has 0 rings (SSSR count). The van der Waals surface area contributed by atoms with Gasteiger partial charge >= 0.3 is 13.6 Å². The first-order chi connectivity index (χ1) is 8.41. The highest BCUT2D eigenvalue weighted by atomic mass is 31.2. The molecule has 0 N–H and O–H groups in total. The minimum Gasteiger partial charge on any atom is -0.465 e. The second-order valence-electron chi connectivity index (χ2n) is 3.55. The molecule has 0 aliphatic rings. The summed E-state index contributed by atoms with van der Waals surface area (Å²) in [4.78, 5) is 22.9. The molecule has 18 heavy (non-hydrogen) atoms. The SMILES string of the molecule is CCOC(=O)C(CC(C)=O)P(=O)(OCC)OCC. The van der Waals surface area contributed by atoms with Gasteiger partial charge in [0.25, 0.3) is 0 Å². The van der Waals surface area contributed by atoms with Crippen molar-refractivity contribution >= 4 is 19.3 Å². The van der Waals surface area contributed by atoms with E-state index < -0.39 is 19.2 Å². The number of hydrogen-bond acceptors (Lipinski definition) is 6. The fraction of sp³-hybridized carbons (Fsp3) is 0.818. The van der Waals surface area contributed by atoms with E-state index in [1.807, 2.05) is 0 Å². The lowest BCUT2D eigenvalue weighted by Crippen LogP contribution is -2.28. The van der Waals surface area contributed by atoms with Crippen LogP contribution in [0.4, 0.5) is 0 Å². The lowest BCUT2D eigenvalue weighted by molar-refractivity contribution is -0.144. The Kier molecular flexibility index (Phi) is 8.07. The van der Waals surface area contributed by atoms with Crippen molar-refractivity contribution in [2.75, 3.05) is 19.8 Å². The summed E-state index contributed by atoms with van der Waals surface area (Å²) in [6.07, 6.45) is -0.212. The van der Waals surface area contributed by atoms with Crippen molar-refractivity contribution in [1.29, 1.82) is 0 Å². The topological polar surface area (TPSA) is 78.9 Å². The normalized spacial score (nSPS) is 13.1. The summed E-state index contributed by atoms with van der Waals surface area (Å²) < 4.78 is 27.4. The van der Waals surface area contributed by atoms with E-state index in [4.69, 9.17) is 13.8 Å². The Labute approximate surface area is 108 Å². The molecule has 0 aromatic heterocycles. The largest absolute Gasteiger partial charge is 0.465 e. The monoisotopic (exact) mass is 280 g/mol. The van der Waals surface area contributed by atoms with Gasteiger partial charge in [0.1, 0.15) is 5.78 Å². The summed E-state index contributed by atoms with van der Waals surface area (Å²) in [5.41, 5.74) is -1.19. The molecule has 1 atom stereocenters. The first kappa shape index (κ1) is 17.3. The fourth-order valence-corrected chi connectivity index (χ4v) is 3.38. The molecular weight excluding hydrogens is 259 g/mol. The van der Waals surface area contributed by atoms with Crippen LogP contribution in [0.3, 0.4) is 0 Å². The molecule has 0 fully saturated rings. The van der Waals surface area contributed by atoms with Crippen LogP contribution in [0.25, 0.3) is 0 Å². The van der Waals surface area contributed by atoms with Gasteiger partial charge in [-0.15, -0.1) is 0 Å². The zero-order valence-corrected chi connectivity index (χ0v) is 12.2. The van der Waals surface area contributed by atoms with Crippen molar-refractivity contribution in [3.8, 4) is 0 Å². The van der Waals surface area contributed by atoms with Crippen LogP contribution in [0.2, 0.25) is 0 Å². The van der Waals surface area contributed by atoms with Crippen molar-refractivity contribution in [3.63, 3.8) is 0 Å². The number of Topliss-reactive ketones (excluding diaryl/α,β-unsaturated/α-hetero) is 1. The lowest BCUT2D eigenvalue weighted by Gasteiger charge is -2.23. The fourth-order valence-electron chi connectivity index (χ4n) is 1.41. The summed E-state index contributed by atoms with van der Waals surface area (Å²) in [7, 11) is -3.66. The molecule has 106 valence electrons. The van der Waals surface area contributed by atoms with Gasteiger partial charge in [0.05, 0.1) is 19.8 Å². The molecule has 0 bridgehead atoms. The average Bonchev–Trinajstić information content (AvgIpc) is 2.26. The van der Waals surface area contributed by atoms with E-state index in [-0.39, 0.29) is 32.0 Å². The van der Waals surface area contributed by atoms with Gasteiger partial charge in [-0.05, 0) is 27.7 Å². The Hall–Kier alpha value is -0.710. The molecule has 7 heteroatoms. The molecule has 0 aliphatic carbocycles. The summed E-state index contributed by atoms with van der Waals surface area (Å²) in [5, 5.41) is 0. The predicted molar refractivity (Wildman–Crippen MR) is 66.6 cm³/mol. The number of rotatable bonds is 9. The zero-order chi connectivity index (χ0) is 14.2. The van der Waals surface area contributed by atoms with Gasteiger partial charge in [-0.25, -0.2) is 0 Å². The summed E-state index contributed by atoms with van der Waals surface area (Å²) >= 11 is 0. The highest BCUT2D eigenvalue weighted by Crippen LogP contribution is 2.54. The van der Waals surface area contributed by atoms with Gasteiger partial charge in [-0.3, -0.25) is 14.2 Å². The van der Waals surface area contributed by atoms with Crippen LogP contribution in [0.1, 0.15) is 34.1 Å². The Bertz CT molecular complexity index is 317. The molecule has 1 unspecified atom stereocenters. The molecular formula is C11H21O6P. The van der Waals surface area contributed by atoms with Crippen molar-refractivity contribution in [3.05, 3.63) is 0 Å². The predicted octanol–water partition coefficient (Wildman–Crippen LogP) is 2.16. The van der Waals surface area contributed by atoms with Crippen LogP contribution in [-0.2, 0) is 27.9 Å². The number of ketones is 1. The van der Waals surface area contributed by atoms with Crippen LogP contribution in [0.15, 0.2) is 0 Å². The van der Waals surface area contributed by atoms with Gasteiger partial charge in [0.15, 0.2) is 5.66 Å². The second kappa shape index (κ2) is 8.40. The second-order valence-corrected chi connectivity index (χ2v) is 5.77. The number of carbonyl (C=O) groups is 2. The minimum atomic E-state index is -3.66. The first-order valence-electron chi connectivity index (χ1n) is 5.96. The maximum atomic E-state index is 12.5. The quantitative estimate of drug-likeness (QED) is 0.475. The third-order valence-corrected chi connectivity index (χ3v) is 4.43. The van der Waals surface area contributed by atoms with Crippen LogP contribution < -0.4 is 0 Å². The van der Waals surface area contributed by atoms with E-state index in [0.717, 1.165) is 0 Å². The van der Waals surface area contributed by atoms with E-state index in [1.54, 1.807) is 20.8 Å². The maximum absolute atomic E-state index is 12.5. The van der Waals surface area contributed by atoms with Crippen LogP contribution in [-0.4, -0.2) is 37.2 Å². The highest BCUT2D eigenvalue weighted by molar-refractivity contribution is 7.55. The number of esters is 1. The van der Waals surface area contributed by atoms with Crippen LogP contribution in [0, 0.1) is 0 Å². The van der Waals surface area contributed by atoms with Crippen molar-refractivity contribution in [2.24, 2.45) is 0 Å². The number of carbonyl (C=O) groups excluding carboxylic acids is 2. The standard InChI is InChI=1S/C11H21O6P/c1-5-15-11(13)10(8-9(4)12)18(14,16-6-2)17-7-3/h10H,5-8H2,1-4H3. The van der Waals surface area contributed by atoms with Gasteiger partial charge < -0.3 is 13.8 Å². The molecule has 6 nitrogen and oxygen atoms in total. The lowest BCUT2D eigenvalue weighted by atomic mass is 10.2. The molecule has 0 aromatic rings. The molecule has 0 saturated carbocycles. The summed E-state index contributed by atoms with van der Waals surface area (Å²) in [6.45, 7) is 6.63. The average molecular weight is 280 g/mol. The van der Waals surface area contributed by atoms with Gasteiger partial charge in [-0.1, -0.05) is 0 Å². The van der Waals surface area contributed by atoms with E-state index in [9.17, 15) is 14.2 Å². The Morgan fingerprint density at radius 3 is 1.89 bits per heavy atom. The molecule has 0 aromatic carbocycles. The van der Waals surface area contributed by atoms with Crippen LogP contribution in [0.5, 0.6) is 0 Å². The van der Waals surface area contributed by atoms with Gasteiger partial charge in [-0.2, -0.15) is 0 Å². The van der Waals surface area contributed by atoms with Crippen molar-refractivity contribution in [2.45, 2.75) is 39.8 Å². The summed E-state index contributed by atoms with van der Waals surface area (Å²) in [6, 6.07) is 0. The zero-order valence-electron chi connectivity index (χ0n) is 11.3.